The summed E-state index contributed by atoms with van der Waals surface area (Å²) >= 11 is 0. The highest BCUT2D eigenvalue weighted by Crippen LogP contribution is 2.19. The van der Waals surface area contributed by atoms with E-state index in [-0.39, 0.29) is 6.04 Å². The van der Waals surface area contributed by atoms with Gasteiger partial charge in [0.2, 0.25) is 0 Å². The lowest BCUT2D eigenvalue weighted by atomic mass is 9.90. The van der Waals surface area contributed by atoms with Crippen LogP contribution in [0, 0.1) is 12.8 Å². The molecule has 0 saturated carbocycles. The number of hydrogen-bond acceptors (Lipinski definition) is 3. The van der Waals surface area contributed by atoms with Crippen LogP contribution in [-0.2, 0) is 11.2 Å². The van der Waals surface area contributed by atoms with Gasteiger partial charge < -0.3 is 10.5 Å². The number of aryl methyl sites for hydroxylation is 1. The first kappa shape index (κ1) is 11.6. The van der Waals surface area contributed by atoms with Crippen LogP contribution in [0.5, 0.6) is 0 Å². The minimum Gasteiger partial charge on any atom is -0.381 e. The Morgan fingerprint density at radius 1 is 1.62 bits per heavy atom. The van der Waals surface area contributed by atoms with Gasteiger partial charge in [-0.3, -0.25) is 4.98 Å². The molecule has 1 aliphatic heterocycles. The lowest BCUT2D eigenvalue weighted by Crippen LogP contribution is -2.37. The van der Waals surface area contributed by atoms with Gasteiger partial charge in [-0.05, 0) is 37.3 Å². The van der Waals surface area contributed by atoms with Crippen LogP contribution in [0.15, 0.2) is 18.3 Å². The highest BCUT2D eigenvalue weighted by atomic mass is 16.5. The predicted octanol–water partition coefficient (Wildman–Crippen LogP) is 1.69. The fraction of sp³-hybridized carbons (Fsp3) is 0.615. The van der Waals surface area contributed by atoms with E-state index < -0.39 is 0 Å². The van der Waals surface area contributed by atoms with Gasteiger partial charge in [0.25, 0.3) is 0 Å². The molecule has 0 bridgehead atoms. The second kappa shape index (κ2) is 5.41. The largest absolute Gasteiger partial charge is 0.381 e. The first-order valence-corrected chi connectivity index (χ1v) is 6.01. The van der Waals surface area contributed by atoms with Crippen LogP contribution < -0.4 is 5.73 Å². The number of ether oxygens (including phenoxy) is 1. The Morgan fingerprint density at radius 2 is 2.50 bits per heavy atom. The fourth-order valence-corrected chi connectivity index (χ4v) is 2.23. The van der Waals surface area contributed by atoms with Crippen LogP contribution in [0.1, 0.15) is 24.1 Å². The molecule has 3 heteroatoms. The van der Waals surface area contributed by atoms with Gasteiger partial charge in [0.1, 0.15) is 0 Å². The van der Waals surface area contributed by atoms with E-state index >= 15 is 0 Å². The number of rotatable bonds is 3. The normalized spacial score (nSPS) is 23.0. The zero-order chi connectivity index (χ0) is 11.4. The summed E-state index contributed by atoms with van der Waals surface area (Å²) < 4.78 is 5.47. The molecule has 88 valence electrons. The van der Waals surface area contributed by atoms with E-state index in [9.17, 15) is 0 Å². The van der Waals surface area contributed by atoms with Crippen LogP contribution >= 0.6 is 0 Å². The summed E-state index contributed by atoms with van der Waals surface area (Å²) in [7, 11) is 0. The molecule has 0 radical (unpaired) electrons. The van der Waals surface area contributed by atoms with Gasteiger partial charge in [0.15, 0.2) is 0 Å². The van der Waals surface area contributed by atoms with Crippen LogP contribution in [0.25, 0.3) is 0 Å². The highest BCUT2D eigenvalue weighted by molar-refractivity contribution is 5.18. The molecule has 3 nitrogen and oxygen atoms in total. The van der Waals surface area contributed by atoms with E-state index in [2.05, 4.69) is 18.0 Å². The maximum absolute atomic E-state index is 6.23. The van der Waals surface area contributed by atoms with E-state index in [1.165, 1.54) is 12.0 Å². The Kier molecular flexibility index (Phi) is 3.91. The van der Waals surface area contributed by atoms with Crippen molar-refractivity contribution < 1.29 is 4.74 Å². The van der Waals surface area contributed by atoms with Crippen LogP contribution in [0.3, 0.4) is 0 Å². The average molecular weight is 220 g/mol. The van der Waals surface area contributed by atoms with Gasteiger partial charge in [-0.1, -0.05) is 6.07 Å². The van der Waals surface area contributed by atoms with Gasteiger partial charge in [-0.2, -0.15) is 0 Å². The fourth-order valence-electron chi connectivity index (χ4n) is 2.23. The molecule has 0 amide bonds. The van der Waals surface area contributed by atoms with Crippen molar-refractivity contribution in [3.8, 4) is 0 Å². The van der Waals surface area contributed by atoms with Crippen LogP contribution in [-0.4, -0.2) is 24.2 Å². The van der Waals surface area contributed by atoms with Gasteiger partial charge in [0, 0.05) is 31.0 Å². The number of pyridine rings is 1. The maximum atomic E-state index is 6.23. The minimum atomic E-state index is 0.175. The van der Waals surface area contributed by atoms with Crippen molar-refractivity contribution in [3.05, 3.63) is 29.6 Å². The molecular formula is C13H20N2O. The molecule has 2 unspecified atom stereocenters. The van der Waals surface area contributed by atoms with E-state index in [1.807, 2.05) is 12.3 Å². The molecule has 0 aliphatic carbocycles. The summed E-state index contributed by atoms with van der Waals surface area (Å²) in [5.41, 5.74) is 8.59. The zero-order valence-electron chi connectivity index (χ0n) is 9.86. The SMILES string of the molecule is Cc1cccnc1CC(N)C1CCCOC1. The lowest BCUT2D eigenvalue weighted by Gasteiger charge is -2.27. The predicted molar refractivity (Wildman–Crippen MR) is 64.2 cm³/mol. The number of nitrogens with two attached hydrogens (primary N) is 1. The van der Waals surface area contributed by atoms with E-state index in [0.29, 0.717) is 5.92 Å². The second-order valence-corrected chi connectivity index (χ2v) is 4.61. The molecule has 16 heavy (non-hydrogen) atoms. The molecule has 1 aromatic heterocycles. The Balaban J connectivity index is 1.96. The van der Waals surface area contributed by atoms with Crippen molar-refractivity contribution in [2.45, 2.75) is 32.2 Å². The summed E-state index contributed by atoms with van der Waals surface area (Å²) in [6.07, 6.45) is 5.03. The standard InChI is InChI=1S/C13H20N2O/c1-10-4-2-6-15-13(10)8-12(14)11-5-3-7-16-9-11/h2,4,6,11-12H,3,5,7-9,14H2,1H3. The van der Waals surface area contributed by atoms with Gasteiger partial charge in [-0.25, -0.2) is 0 Å². The molecule has 1 aromatic rings. The molecule has 2 N–H and O–H groups in total. The summed E-state index contributed by atoms with van der Waals surface area (Å²) in [6, 6.07) is 4.23. The molecule has 2 atom stereocenters. The third-order valence-electron chi connectivity index (χ3n) is 3.35. The average Bonchev–Trinajstić information content (AvgIpc) is 2.33. The van der Waals surface area contributed by atoms with Crippen molar-refractivity contribution in [1.29, 1.82) is 0 Å². The second-order valence-electron chi connectivity index (χ2n) is 4.61. The van der Waals surface area contributed by atoms with Crippen LogP contribution in [0.2, 0.25) is 0 Å². The van der Waals surface area contributed by atoms with Gasteiger partial charge in [-0.15, -0.1) is 0 Å². The van der Waals surface area contributed by atoms with Crippen molar-refractivity contribution in [2.75, 3.05) is 13.2 Å². The molecule has 1 saturated heterocycles. The highest BCUT2D eigenvalue weighted by Gasteiger charge is 2.21. The third kappa shape index (κ3) is 2.80. The van der Waals surface area contributed by atoms with E-state index in [0.717, 1.165) is 31.7 Å². The number of hydrogen-bond donors (Lipinski definition) is 1. The molecule has 1 aliphatic rings. The topological polar surface area (TPSA) is 48.1 Å². The molecule has 1 fully saturated rings. The minimum absolute atomic E-state index is 0.175. The summed E-state index contributed by atoms with van der Waals surface area (Å²) in [4.78, 5) is 4.39. The maximum Gasteiger partial charge on any atom is 0.0509 e. The molecule has 0 spiro atoms. The van der Waals surface area contributed by atoms with E-state index in [1.54, 1.807) is 0 Å². The number of nitrogens with zero attached hydrogens (tertiary/aromatic N) is 1. The van der Waals surface area contributed by atoms with Crippen LogP contribution in [0.4, 0.5) is 0 Å². The Hall–Kier alpha value is -0.930. The first-order valence-electron chi connectivity index (χ1n) is 6.01. The van der Waals surface area contributed by atoms with Gasteiger partial charge >= 0.3 is 0 Å². The Bertz CT molecular complexity index is 334. The first-order chi connectivity index (χ1) is 7.77. The van der Waals surface area contributed by atoms with Crippen molar-refractivity contribution in [1.82, 2.24) is 4.98 Å². The summed E-state index contributed by atoms with van der Waals surface area (Å²) in [5.74, 6) is 0.496. The Labute approximate surface area is 97.0 Å². The lowest BCUT2D eigenvalue weighted by molar-refractivity contribution is 0.0448. The summed E-state index contributed by atoms with van der Waals surface area (Å²) in [5, 5.41) is 0. The monoisotopic (exact) mass is 220 g/mol. The van der Waals surface area contributed by atoms with Crippen molar-refractivity contribution in [2.24, 2.45) is 11.7 Å². The van der Waals surface area contributed by atoms with Gasteiger partial charge in [0.05, 0.1) is 6.61 Å². The number of aromatic nitrogens is 1. The zero-order valence-corrected chi connectivity index (χ0v) is 9.86. The van der Waals surface area contributed by atoms with E-state index in [4.69, 9.17) is 10.5 Å². The summed E-state index contributed by atoms with van der Waals surface area (Å²) in [6.45, 7) is 3.80. The molecule has 2 rings (SSSR count). The van der Waals surface area contributed by atoms with Crippen molar-refractivity contribution >= 4 is 0 Å². The molecular weight excluding hydrogens is 200 g/mol. The smallest absolute Gasteiger partial charge is 0.0509 e. The Morgan fingerprint density at radius 3 is 3.19 bits per heavy atom. The molecule has 2 heterocycles. The quantitative estimate of drug-likeness (QED) is 0.843. The van der Waals surface area contributed by atoms with Crippen molar-refractivity contribution in [3.63, 3.8) is 0 Å². The molecule has 0 aromatic carbocycles. The third-order valence-corrected chi connectivity index (χ3v) is 3.35.